The van der Waals surface area contributed by atoms with Crippen LogP contribution in [0.4, 0.5) is 24.8 Å². The molecular weight excluding hydrogens is 279 g/mol. The van der Waals surface area contributed by atoms with Crippen LogP contribution in [-0.4, -0.2) is 4.98 Å². The first-order valence-electron chi connectivity index (χ1n) is 6.56. The number of nitrogens with one attached hydrogen (secondary N) is 1. The zero-order chi connectivity index (χ0) is 15.5. The number of hydrogen-bond donors (Lipinski definition) is 2. The van der Waals surface area contributed by atoms with Crippen molar-refractivity contribution in [3.63, 3.8) is 0 Å². The van der Waals surface area contributed by atoms with Gasteiger partial charge in [-0.15, -0.1) is 0 Å². The molecule has 6 heteroatoms. The fraction of sp³-hybridized carbons (Fsp3) is 0.267. The number of hydrogen-bond acceptors (Lipinski definition) is 3. The summed E-state index contributed by atoms with van der Waals surface area (Å²) in [6.07, 6.45) is -3.73. The van der Waals surface area contributed by atoms with E-state index in [2.05, 4.69) is 10.3 Å². The Bertz CT molecular complexity index is 597. The van der Waals surface area contributed by atoms with E-state index < -0.39 is 11.7 Å². The van der Waals surface area contributed by atoms with E-state index >= 15 is 0 Å². The first-order chi connectivity index (χ1) is 9.90. The number of nitrogen functional groups attached to an aromatic ring is 1. The molecule has 3 N–H and O–H groups in total. The van der Waals surface area contributed by atoms with Crippen molar-refractivity contribution in [2.45, 2.75) is 25.6 Å². The maximum Gasteiger partial charge on any atom is 0.416 e. The van der Waals surface area contributed by atoms with Gasteiger partial charge in [-0.05, 0) is 24.1 Å². The van der Waals surface area contributed by atoms with Gasteiger partial charge in [0.05, 0.1) is 11.6 Å². The van der Waals surface area contributed by atoms with Crippen LogP contribution in [0.3, 0.4) is 0 Å². The van der Waals surface area contributed by atoms with Crippen molar-refractivity contribution < 1.29 is 13.2 Å². The van der Waals surface area contributed by atoms with Crippen molar-refractivity contribution >= 4 is 11.6 Å². The normalized spacial score (nSPS) is 13.0. The highest BCUT2D eigenvalue weighted by molar-refractivity contribution is 5.48. The topological polar surface area (TPSA) is 50.9 Å². The highest BCUT2D eigenvalue weighted by Crippen LogP contribution is 2.32. The summed E-state index contributed by atoms with van der Waals surface area (Å²) in [5.41, 5.74) is 5.64. The molecule has 1 aromatic heterocycles. The molecule has 3 nitrogen and oxygen atoms in total. The standard InChI is InChI=1S/C15H16F3N3/c1-2-12(10-6-4-3-5-7-10)20-14-9-11(15(16,17)18)8-13(19)21-14/h3-9,12H,2H2,1H3,(H3,19,20,21). The van der Waals surface area contributed by atoms with Gasteiger partial charge in [-0.3, -0.25) is 0 Å². The molecule has 1 unspecified atom stereocenters. The van der Waals surface area contributed by atoms with E-state index in [1.165, 1.54) is 0 Å². The Hall–Kier alpha value is -2.24. The minimum absolute atomic E-state index is 0.123. The van der Waals surface area contributed by atoms with Gasteiger partial charge in [0.1, 0.15) is 11.6 Å². The highest BCUT2D eigenvalue weighted by Gasteiger charge is 2.31. The molecule has 2 aromatic rings. The Morgan fingerprint density at radius 1 is 1.19 bits per heavy atom. The molecule has 0 aliphatic carbocycles. The SMILES string of the molecule is CCC(Nc1cc(C(F)(F)F)cc(N)n1)c1ccccc1. The van der Waals surface area contributed by atoms with Crippen molar-refractivity contribution in [2.24, 2.45) is 0 Å². The van der Waals surface area contributed by atoms with Crippen molar-refractivity contribution in [2.75, 3.05) is 11.1 Å². The Labute approximate surface area is 121 Å². The first-order valence-corrected chi connectivity index (χ1v) is 6.56. The molecule has 21 heavy (non-hydrogen) atoms. The van der Waals surface area contributed by atoms with Crippen LogP contribution in [0.25, 0.3) is 0 Å². The second-order valence-electron chi connectivity index (χ2n) is 4.68. The summed E-state index contributed by atoms with van der Waals surface area (Å²) in [4.78, 5) is 3.93. The Kier molecular flexibility index (Phi) is 4.35. The Morgan fingerprint density at radius 2 is 1.86 bits per heavy atom. The van der Waals surface area contributed by atoms with Crippen LogP contribution < -0.4 is 11.1 Å². The summed E-state index contributed by atoms with van der Waals surface area (Å²) in [5, 5.41) is 3.01. The molecule has 2 rings (SSSR count). The van der Waals surface area contributed by atoms with Gasteiger partial charge in [0.15, 0.2) is 0 Å². The Morgan fingerprint density at radius 3 is 2.43 bits per heavy atom. The molecule has 0 spiro atoms. The summed E-state index contributed by atoms with van der Waals surface area (Å²) < 4.78 is 38.3. The summed E-state index contributed by atoms with van der Waals surface area (Å²) in [6, 6.07) is 11.2. The number of nitrogens with two attached hydrogens (primary N) is 1. The predicted octanol–water partition coefficient (Wildman–Crippen LogP) is 4.25. The summed E-state index contributed by atoms with van der Waals surface area (Å²) in [6.45, 7) is 1.95. The van der Waals surface area contributed by atoms with E-state index in [1.807, 2.05) is 37.3 Å². The quantitative estimate of drug-likeness (QED) is 0.886. The van der Waals surface area contributed by atoms with E-state index in [4.69, 9.17) is 5.73 Å². The molecule has 0 aliphatic heterocycles. The van der Waals surface area contributed by atoms with E-state index in [0.29, 0.717) is 6.42 Å². The van der Waals surface area contributed by atoms with Gasteiger partial charge in [-0.25, -0.2) is 4.98 Å². The lowest BCUT2D eigenvalue weighted by atomic mass is 10.0. The molecule has 0 saturated heterocycles. The number of alkyl halides is 3. The number of aromatic nitrogens is 1. The maximum atomic E-state index is 12.8. The van der Waals surface area contributed by atoms with Crippen LogP contribution in [0, 0.1) is 0 Å². The molecule has 0 bridgehead atoms. The summed E-state index contributed by atoms with van der Waals surface area (Å²) in [5.74, 6) is -0.0340. The predicted molar refractivity (Wildman–Crippen MR) is 76.7 cm³/mol. The molecule has 0 saturated carbocycles. The minimum atomic E-state index is -4.44. The largest absolute Gasteiger partial charge is 0.416 e. The minimum Gasteiger partial charge on any atom is -0.384 e. The van der Waals surface area contributed by atoms with Crippen molar-refractivity contribution in [3.05, 3.63) is 53.6 Å². The Balaban J connectivity index is 2.28. The number of anilines is 2. The molecule has 1 aromatic carbocycles. The zero-order valence-electron chi connectivity index (χ0n) is 11.5. The molecule has 0 fully saturated rings. The number of halogens is 3. The van der Waals surface area contributed by atoms with Gasteiger partial charge in [0.25, 0.3) is 0 Å². The average molecular weight is 295 g/mol. The summed E-state index contributed by atoms with van der Waals surface area (Å²) in [7, 11) is 0. The number of rotatable bonds is 4. The van der Waals surface area contributed by atoms with Gasteiger partial charge in [-0.1, -0.05) is 37.3 Å². The van der Waals surface area contributed by atoms with E-state index in [1.54, 1.807) is 0 Å². The van der Waals surface area contributed by atoms with Gasteiger partial charge in [0, 0.05) is 0 Å². The third-order valence-electron chi connectivity index (χ3n) is 3.10. The monoisotopic (exact) mass is 295 g/mol. The fourth-order valence-electron chi connectivity index (χ4n) is 2.07. The number of nitrogens with zero attached hydrogens (tertiary/aromatic N) is 1. The molecular formula is C15H16F3N3. The number of benzene rings is 1. The van der Waals surface area contributed by atoms with Gasteiger partial charge in [0.2, 0.25) is 0 Å². The lowest BCUT2D eigenvalue weighted by Crippen LogP contribution is -2.13. The van der Waals surface area contributed by atoms with E-state index in [0.717, 1.165) is 17.7 Å². The molecule has 1 atom stereocenters. The fourth-order valence-corrected chi connectivity index (χ4v) is 2.07. The lowest BCUT2D eigenvalue weighted by Gasteiger charge is -2.19. The second kappa shape index (κ2) is 6.03. The third kappa shape index (κ3) is 3.87. The molecule has 112 valence electrons. The van der Waals surface area contributed by atoms with Gasteiger partial charge in [-0.2, -0.15) is 13.2 Å². The molecule has 0 radical (unpaired) electrons. The van der Waals surface area contributed by atoms with Crippen LogP contribution in [-0.2, 0) is 6.18 Å². The smallest absolute Gasteiger partial charge is 0.384 e. The first kappa shape index (κ1) is 15.2. The number of pyridine rings is 1. The van der Waals surface area contributed by atoms with Crippen LogP contribution in [0.5, 0.6) is 0 Å². The molecule has 1 heterocycles. The van der Waals surface area contributed by atoms with Crippen LogP contribution >= 0.6 is 0 Å². The van der Waals surface area contributed by atoms with E-state index in [-0.39, 0.29) is 17.7 Å². The third-order valence-corrected chi connectivity index (χ3v) is 3.10. The maximum absolute atomic E-state index is 12.8. The van der Waals surface area contributed by atoms with Crippen molar-refractivity contribution in [3.8, 4) is 0 Å². The van der Waals surface area contributed by atoms with Crippen LogP contribution in [0.1, 0.15) is 30.5 Å². The lowest BCUT2D eigenvalue weighted by molar-refractivity contribution is -0.137. The van der Waals surface area contributed by atoms with Gasteiger partial charge < -0.3 is 11.1 Å². The second-order valence-corrected chi connectivity index (χ2v) is 4.68. The van der Waals surface area contributed by atoms with Crippen LogP contribution in [0.2, 0.25) is 0 Å². The van der Waals surface area contributed by atoms with Crippen molar-refractivity contribution in [1.29, 1.82) is 0 Å². The zero-order valence-corrected chi connectivity index (χ0v) is 11.5. The van der Waals surface area contributed by atoms with Gasteiger partial charge >= 0.3 is 6.18 Å². The van der Waals surface area contributed by atoms with Crippen LogP contribution in [0.15, 0.2) is 42.5 Å². The van der Waals surface area contributed by atoms with E-state index in [9.17, 15) is 13.2 Å². The van der Waals surface area contributed by atoms with Crippen molar-refractivity contribution in [1.82, 2.24) is 4.98 Å². The average Bonchev–Trinajstić information content (AvgIpc) is 2.44. The summed E-state index contributed by atoms with van der Waals surface area (Å²) >= 11 is 0. The molecule has 0 aliphatic rings. The highest BCUT2D eigenvalue weighted by atomic mass is 19.4. The molecule has 0 amide bonds.